The monoisotopic (exact) mass is 214 g/mol. The van der Waals surface area contributed by atoms with Crippen molar-refractivity contribution < 1.29 is 0 Å². The average molecular weight is 214 g/mol. The fraction of sp³-hybridized carbons (Fsp3) is 1.00. The van der Waals surface area contributed by atoms with Crippen LogP contribution in [0.1, 0.15) is 19.3 Å². The second kappa shape index (κ2) is 10.4. The number of rotatable bonds is 0. The van der Waals surface area contributed by atoms with Crippen LogP contribution in [0.25, 0.3) is 0 Å². The average Bonchev–Trinajstić information content (AvgIpc) is 2.27. The molecule has 1 fully saturated rings. The fourth-order valence-electron chi connectivity index (χ4n) is 1.69. The Hall–Kier alpha value is -0.160. The molecule has 1 saturated heterocycles. The highest BCUT2D eigenvalue weighted by Gasteiger charge is 1.93. The Morgan fingerprint density at radius 1 is 0.333 bits per heavy atom. The minimum Gasteiger partial charge on any atom is -0.317 e. The molecule has 15 heavy (non-hydrogen) atoms. The van der Waals surface area contributed by atoms with Crippen LogP contribution in [0, 0.1) is 0 Å². The third-order valence-electron chi connectivity index (χ3n) is 2.60. The lowest BCUT2D eigenvalue weighted by Crippen LogP contribution is -2.30. The van der Waals surface area contributed by atoms with Gasteiger partial charge in [0, 0.05) is 13.1 Å². The molecular formula is C11H26N4. The molecule has 0 aliphatic carbocycles. The van der Waals surface area contributed by atoms with Gasteiger partial charge in [-0.25, -0.2) is 0 Å². The van der Waals surface area contributed by atoms with Crippen molar-refractivity contribution in [3.05, 3.63) is 0 Å². The van der Waals surface area contributed by atoms with Gasteiger partial charge in [0.2, 0.25) is 0 Å². The van der Waals surface area contributed by atoms with Crippen molar-refractivity contribution in [1.29, 1.82) is 0 Å². The normalized spacial score (nSPS) is 24.0. The van der Waals surface area contributed by atoms with Crippen LogP contribution in [-0.2, 0) is 0 Å². The van der Waals surface area contributed by atoms with E-state index in [1.807, 2.05) is 0 Å². The second-order valence-corrected chi connectivity index (χ2v) is 4.06. The van der Waals surface area contributed by atoms with Crippen LogP contribution in [0.2, 0.25) is 0 Å². The zero-order valence-corrected chi connectivity index (χ0v) is 9.78. The summed E-state index contributed by atoms with van der Waals surface area (Å²) in [5.74, 6) is 0. The van der Waals surface area contributed by atoms with Gasteiger partial charge < -0.3 is 21.3 Å². The van der Waals surface area contributed by atoms with Gasteiger partial charge in [-0.05, 0) is 58.5 Å². The van der Waals surface area contributed by atoms with Gasteiger partial charge in [-0.3, -0.25) is 0 Å². The van der Waals surface area contributed by atoms with E-state index in [0.29, 0.717) is 0 Å². The predicted molar refractivity (Wildman–Crippen MR) is 65.3 cm³/mol. The Morgan fingerprint density at radius 3 is 0.933 bits per heavy atom. The second-order valence-electron chi connectivity index (χ2n) is 4.06. The first-order valence-electron chi connectivity index (χ1n) is 6.33. The molecule has 4 heteroatoms. The van der Waals surface area contributed by atoms with Gasteiger partial charge >= 0.3 is 0 Å². The van der Waals surface area contributed by atoms with Crippen molar-refractivity contribution in [1.82, 2.24) is 21.3 Å². The van der Waals surface area contributed by atoms with Crippen LogP contribution in [0.4, 0.5) is 0 Å². The standard InChI is InChI=1S/C11H26N4/c1-4-12-6-2-8-14-10-11-15-9-3-7-13-5-1/h12-15H,1-11H2. The highest BCUT2D eigenvalue weighted by molar-refractivity contribution is 4.58. The van der Waals surface area contributed by atoms with E-state index in [1.54, 1.807) is 0 Å². The lowest BCUT2D eigenvalue weighted by Gasteiger charge is -2.06. The summed E-state index contributed by atoms with van der Waals surface area (Å²) in [7, 11) is 0. The van der Waals surface area contributed by atoms with Crippen LogP contribution in [0.3, 0.4) is 0 Å². The van der Waals surface area contributed by atoms with Gasteiger partial charge in [-0.15, -0.1) is 0 Å². The van der Waals surface area contributed by atoms with Gasteiger partial charge in [0.15, 0.2) is 0 Å². The fourth-order valence-corrected chi connectivity index (χ4v) is 1.69. The summed E-state index contributed by atoms with van der Waals surface area (Å²) < 4.78 is 0. The van der Waals surface area contributed by atoms with E-state index >= 15 is 0 Å². The first-order chi connectivity index (χ1) is 7.50. The van der Waals surface area contributed by atoms with Crippen molar-refractivity contribution >= 4 is 0 Å². The Balaban J connectivity index is 2.01. The molecule has 0 spiro atoms. The highest BCUT2D eigenvalue weighted by Crippen LogP contribution is 1.79. The van der Waals surface area contributed by atoms with Crippen molar-refractivity contribution in [3.8, 4) is 0 Å². The molecule has 90 valence electrons. The molecule has 0 bridgehead atoms. The smallest absolute Gasteiger partial charge is 0.00767 e. The van der Waals surface area contributed by atoms with Crippen LogP contribution in [-0.4, -0.2) is 52.4 Å². The van der Waals surface area contributed by atoms with E-state index in [4.69, 9.17) is 0 Å². The van der Waals surface area contributed by atoms with Gasteiger partial charge in [0.25, 0.3) is 0 Å². The molecular weight excluding hydrogens is 188 g/mol. The zero-order valence-electron chi connectivity index (χ0n) is 9.78. The summed E-state index contributed by atoms with van der Waals surface area (Å²) in [5, 5.41) is 13.8. The Labute approximate surface area is 93.6 Å². The maximum absolute atomic E-state index is 3.46. The summed E-state index contributed by atoms with van der Waals surface area (Å²) >= 11 is 0. The summed E-state index contributed by atoms with van der Waals surface area (Å²) in [6.45, 7) is 9.01. The number of nitrogens with one attached hydrogen (secondary N) is 4. The molecule has 0 aromatic carbocycles. The topological polar surface area (TPSA) is 48.1 Å². The molecule has 1 rings (SSSR count). The van der Waals surface area contributed by atoms with E-state index in [9.17, 15) is 0 Å². The third kappa shape index (κ3) is 8.81. The van der Waals surface area contributed by atoms with Crippen molar-refractivity contribution in [2.75, 3.05) is 52.4 Å². The molecule has 0 amide bonds. The van der Waals surface area contributed by atoms with Gasteiger partial charge in [-0.1, -0.05) is 0 Å². The van der Waals surface area contributed by atoms with Crippen molar-refractivity contribution in [2.24, 2.45) is 0 Å². The van der Waals surface area contributed by atoms with E-state index in [0.717, 1.165) is 52.4 Å². The largest absolute Gasteiger partial charge is 0.317 e. The van der Waals surface area contributed by atoms with E-state index in [1.165, 1.54) is 19.3 Å². The summed E-state index contributed by atoms with van der Waals surface area (Å²) in [6, 6.07) is 0. The lowest BCUT2D eigenvalue weighted by atomic mass is 10.3. The Kier molecular flexibility index (Phi) is 8.92. The first kappa shape index (κ1) is 12.9. The first-order valence-corrected chi connectivity index (χ1v) is 6.33. The van der Waals surface area contributed by atoms with Gasteiger partial charge in [0.05, 0.1) is 0 Å². The van der Waals surface area contributed by atoms with E-state index < -0.39 is 0 Å². The van der Waals surface area contributed by atoms with Crippen molar-refractivity contribution in [3.63, 3.8) is 0 Å². The Morgan fingerprint density at radius 2 is 0.600 bits per heavy atom. The van der Waals surface area contributed by atoms with Gasteiger partial charge in [0.1, 0.15) is 0 Å². The minimum absolute atomic E-state index is 1.09. The molecule has 1 aliphatic heterocycles. The maximum atomic E-state index is 3.46. The lowest BCUT2D eigenvalue weighted by molar-refractivity contribution is 0.571. The van der Waals surface area contributed by atoms with Crippen molar-refractivity contribution in [2.45, 2.75) is 19.3 Å². The van der Waals surface area contributed by atoms with Crippen LogP contribution in [0.5, 0.6) is 0 Å². The molecule has 1 heterocycles. The van der Waals surface area contributed by atoms with Crippen LogP contribution in [0.15, 0.2) is 0 Å². The number of hydrogen-bond donors (Lipinski definition) is 4. The van der Waals surface area contributed by atoms with Crippen LogP contribution < -0.4 is 21.3 Å². The summed E-state index contributed by atoms with van der Waals surface area (Å²) in [6.07, 6.45) is 3.70. The molecule has 4 nitrogen and oxygen atoms in total. The highest BCUT2D eigenvalue weighted by atomic mass is 15.0. The van der Waals surface area contributed by atoms with Gasteiger partial charge in [-0.2, -0.15) is 0 Å². The van der Waals surface area contributed by atoms with E-state index in [2.05, 4.69) is 21.3 Å². The summed E-state index contributed by atoms with van der Waals surface area (Å²) in [5.41, 5.74) is 0. The SMILES string of the molecule is C1CNCCCNCCNCCCNC1. The molecule has 4 N–H and O–H groups in total. The molecule has 0 unspecified atom stereocenters. The predicted octanol–water partition coefficient (Wildman–Crippen LogP) is -0.471. The molecule has 0 saturated carbocycles. The molecule has 1 aliphatic rings. The molecule has 0 aromatic heterocycles. The number of hydrogen-bond acceptors (Lipinski definition) is 4. The zero-order chi connectivity index (χ0) is 10.6. The molecule has 0 atom stereocenters. The quantitative estimate of drug-likeness (QED) is 0.440. The summed E-state index contributed by atoms with van der Waals surface area (Å²) in [4.78, 5) is 0. The Bertz CT molecular complexity index is 71.2. The molecule has 0 radical (unpaired) electrons. The van der Waals surface area contributed by atoms with Crippen LogP contribution >= 0.6 is 0 Å². The minimum atomic E-state index is 1.09. The maximum Gasteiger partial charge on any atom is 0.00767 e. The molecule has 0 aromatic rings. The third-order valence-corrected chi connectivity index (χ3v) is 2.60. The van der Waals surface area contributed by atoms with E-state index in [-0.39, 0.29) is 0 Å².